The number of hydrogen-bond donors (Lipinski definition) is 1. The van der Waals surface area contributed by atoms with Gasteiger partial charge in [0.2, 0.25) is 0 Å². The number of benzene rings is 1. The minimum atomic E-state index is -1.63. The molecule has 20 heavy (non-hydrogen) atoms. The fourth-order valence-corrected chi connectivity index (χ4v) is 2.12. The lowest BCUT2D eigenvalue weighted by atomic mass is 9.87. The molecule has 2 rings (SSSR count). The highest BCUT2D eigenvalue weighted by Gasteiger charge is 2.34. The Morgan fingerprint density at radius 1 is 1.25 bits per heavy atom. The fourth-order valence-electron chi connectivity index (χ4n) is 2.12. The van der Waals surface area contributed by atoms with E-state index in [2.05, 4.69) is 4.98 Å². The van der Waals surface area contributed by atoms with Crippen molar-refractivity contribution in [3.63, 3.8) is 0 Å². The molecule has 0 saturated heterocycles. The molecular formula is C15H15F2NO2. The van der Waals surface area contributed by atoms with Gasteiger partial charge in [-0.1, -0.05) is 19.1 Å². The van der Waals surface area contributed by atoms with Crippen LogP contribution in [0, 0.1) is 11.6 Å². The first-order chi connectivity index (χ1) is 9.52. The third-order valence-electron chi connectivity index (χ3n) is 3.29. The Labute approximate surface area is 115 Å². The molecule has 0 aliphatic carbocycles. The van der Waals surface area contributed by atoms with Crippen molar-refractivity contribution in [1.29, 1.82) is 0 Å². The summed E-state index contributed by atoms with van der Waals surface area (Å²) in [6, 6.07) is 7.04. The fraction of sp³-hybridized carbons (Fsp3) is 0.267. The van der Waals surface area contributed by atoms with Gasteiger partial charge in [0.25, 0.3) is 0 Å². The summed E-state index contributed by atoms with van der Waals surface area (Å²) in [4.78, 5) is 3.86. The SMILES string of the molecule is CCC(O)(c1ccc(F)cn1)c1cccc(OC)c1F. The molecule has 0 aliphatic heterocycles. The van der Waals surface area contributed by atoms with Crippen LogP contribution in [0.1, 0.15) is 24.6 Å². The molecule has 1 atom stereocenters. The van der Waals surface area contributed by atoms with E-state index in [1.807, 2.05) is 0 Å². The molecule has 0 fully saturated rings. The Morgan fingerprint density at radius 3 is 2.55 bits per heavy atom. The van der Waals surface area contributed by atoms with Gasteiger partial charge >= 0.3 is 0 Å². The summed E-state index contributed by atoms with van der Waals surface area (Å²) in [6.45, 7) is 1.70. The van der Waals surface area contributed by atoms with Crippen LogP contribution < -0.4 is 4.74 Å². The molecule has 1 heterocycles. The van der Waals surface area contributed by atoms with Crippen LogP contribution in [-0.2, 0) is 5.60 Å². The maximum absolute atomic E-state index is 14.3. The van der Waals surface area contributed by atoms with E-state index in [0.717, 1.165) is 6.20 Å². The van der Waals surface area contributed by atoms with E-state index >= 15 is 0 Å². The lowest BCUT2D eigenvalue weighted by Crippen LogP contribution is -2.29. The average Bonchev–Trinajstić information content (AvgIpc) is 2.47. The van der Waals surface area contributed by atoms with Crippen LogP contribution in [0.5, 0.6) is 5.75 Å². The lowest BCUT2D eigenvalue weighted by molar-refractivity contribution is 0.0673. The Kier molecular flexibility index (Phi) is 3.99. The van der Waals surface area contributed by atoms with Crippen molar-refractivity contribution >= 4 is 0 Å². The maximum atomic E-state index is 14.3. The molecule has 106 valence electrons. The molecule has 2 aromatic rings. The molecule has 3 nitrogen and oxygen atoms in total. The van der Waals surface area contributed by atoms with E-state index in [-0.39, 0.29) is 23.4 Å². The molecule has 1 aromatic carbocycles. The topological polar surface area (TPSA) is 42.4 Å². The molecule has 1 unspecified atom stereocenters. The third kappa shape index (κ3) is 2.36. The van der Waals surface area contributed by atoms with Crippen LogP contribution in [0.4, 0.5) is 8.78 Å². The van der Waals surface area contributed by atoms with Gasteiger partial charge in [-0.25, -0.2) is 8.78 Å². The lowest BCUT2D eigenvalue weighted by Gasteiger charge is -2.27. The molecule has 0 saturated carbocycles. The first-order valence-electron chi connectivity index (χ1n) is 6.20. The van der Waals surface area contributed by atoms with Crippen molar-refractivity contribution in [2.24, 2.45) is 0 Å². The number of aliphatic hydroxyl groups is 1. The molecule has 0 amide bonds. The Morgan fingerprint density at radius 2 is 2.00 bits per heavy atom. The molecule has 0 spiro atoms. The van der Waals surface area contributed by atoms with E-state index in [1.165, 1.54) is 31.4 Å². The number of rotatable bonds is 4. The molecule has 1 N–H and O–H groups in total. The number of methoxy groups -OCH3 is 1. The number of halogens is 2. The van der Waals surface area contributed by atoms with E-state index in [9.17, 15) is 13.9 Å². The van der Waals surface area contributed by atoms with Gasteiger partial charge in [0.15, 0.2) is 11.6 Å². The van der Waals surface area contributed by atoms with E-state index in [4.69, 9.17) is 4.74 Å². The van der Waals surface area contributed by atoms with E-state index in [0.29, 0.717) is 0 Å². The number of pyridine rings is 1. The van der Waals surface area contributed by atoms with Crippen LogP contribution >= 0.6 is 0 Å². The second kappa shape index (κ2) is 5.54. The molecular weight excluding hydrogens is 264 g/mol. The predicted octanol–water partition coefficient (Wildman–Crippen LogP) is 3.01. The number of hydrogen-bond acceptors (Lipinski definition) is 3. The number of ether oxygens (including phenoxy) is 1. The third-order valence-corrected chi connectivity index (χ3v) is 3.29. The van der Waals surface area contributed by atoms with Gasteiger partial charge in [0.05, 0.1) is 19.0 Å². The minimum absolute atomic E-state index is 0.0384. The maximum Gasteiger partial charge on any atom is 0.171 e. The van der Waals surface area contributed by atoms with Crippen LogP contribution in [-0.4, -0.2) is 17.2 Å². The normalized spacial score (nSPS) is 13.8. The zero-order valence-corrected chi connectivity index (χ0v) is 11.2. The van der Waals surface area contributed by atoms with Gasteiger partial charge in [-0.15, -0.1) is 0 Å². The van der Waals surface area contributed by atoms with Crippen molar-refractivity contribution in [3.8, 4) is 5.75 Å². The van der Waals surface area contributed by atoms with Crippen molar-refractivity contribution in [2.45, 2.75) is 18.9 Å². The smallest absolute Gasteiger partial charge is 0.171 e. The average molecular weight is 279 g/mol. The number of nitrogens with zero attached hydrogens (tertiary/aromatic N) is 1. The Balaban J connectivity index is 2.58. The van der Waals surface area contributed by atoms with Crippen molar-refractivity contribution in [1.82, 2.24) is 4.98 Å². The van der Waals surface area contributed by atoms with Gasteiger partial charge in [0, 0.05) is 5.56 Å². The standard InChI is InChI=1S/C15H15F2NO2/c1-3-15(19,13-8-7-10(16)9-18-13)11-5-4-6-12(20-2)14(11)17/h4-9,19H,3H2,1-2H3. The second-order valence-electron chi connectivity index (χ2n) is 4.40. The molecule has 1 aromatic heterocycles. The highest BCUT2D eigenvalue weighted by atomic mass is 19.1. The van der Waals surface area contributed by atoms with Gasteiger partial charge in [-0.3, -0.25) is 4.98 Å². The summed E-state index contributed by atoms with van der Waals surface area (Å²) >= 11 is 0. The summed E-state index contributed by atoms with van der Waals surface area (Å²) < 4.78 is 32.2. The molecule has 0 bridgehead atoms. The summed E-state index contributed by atoms with van der Waals surface area (Å²) in [6.07, 6.45) is 1.18. The summed E-state index contributed by atoms with van der Waals surface area (Å²) in [7, 11) is 1.35. The largest absolute Gasteiger partial charge is 0.494 e. The highest BCUT2D eigenvalue weighted by Crippen LogP contribution is 2.36. The van der Waals surface area contributed by atoms with Crippen LogP contribution in [0.15, 0.2) is 36.5 Å². The van der Waals surface area contributed by atoms with Crippen LogP contribution in [0.2, 0.25) is 0 Å². The summed E-state index contributed by atoms with van der Waals surface area (Å²) in [5, 5.41) is 10.8. The van der Waals surface area contributed by atoms with Gasteiger partial charge in [0.1, 0.15) is 11.4 Å². The zero-order chi connectivity index (χ0) is 14.8. The van der Waals surface area contributed by atoms with Crippen LogP contribution in [0.3, 0.4) is 0 Å². The van der Waals surface area contributed by atoms with Crippen LogP contribution in [0.25, 0.3) is 0 Å². The van der Waals surface area contributed by atoms with Crippen molar-refractivity contribution in [3.05, 3.63) is 59.4 Å². The molecule has 0 aliphatic rings. The van der Waals surface area contributed by atoms with Crippen molar-refractivity contribution in [2.75, 3.05) is 7.11 Å². The van der Waals surface area contributed by atoms with E-state index < -0.39 is 17.2 Å². The first-order valence-corrected chi connectivity index (χ1v) is 6.20. The zero-order valence-electron chi connectivity index (χ0n) is 11.2. The molecule has 0 radical (unpaired) electrons. The van der Waals surface area contributed by atoms with Gasteiger partial charge < -0.3 is 9.84 Å². The Hall–Kier alpha value is -2.01. The predicted molar refractivity (Wildman–Crippen MR) is 70.4 cm³/mol. The molecule has 5 heteroatoms. The van der Waals surface area contributed by atoms with E-state index in [1.54, 1.807) is 13.0 Å². The van der Waals surface area contributed by atoms with Gasteiger partial charge in [-0.2, -0.15) is 0 Å². The van der Waals surface area contributed by atoms with Crippen molar-refractivity contribution < 1.29 is 18.6 Å². The quantitative estimate of drug-likeness (QED) is 0.935. The number of aromatic nitrogens is 1. The summed E-state index contributed by atoms with van der Waals surface area (Å²) in [5.74, 6) is -1.12. The first kappa shape index (κ1) is 14.4. The van der Waals surface area contributed by atoms with Gasteiger partial charge in [-0.05, 0) is 24.6 Å². The summed E-state index contributed by atoms with van der Waals surface area (Å²) in [5.41, 5.74) is -1.39. The highest BCUT2D eigenvalue weighted by molar-refractivity contribution is 5.39. The Bertz CT molecular complexity index is 601. The monoisotopic (exact) mass is 279 g/mol. The second-order valence-corrected chi connectivity index (χ2v) is 4.40. The minimum Gasteiger partial charge on any atom is -0.494 e.